The number of carbonyl (C=O) groups excluding carboxylic acids is 2. The van der Waals surface area contributed by atoms with Crippen LogP contribution in [0.1, 0.15) is 90.2 Å². The monoisotopic (exact) mass is 888 g/mol. The Hall–Kier alpha value is -3.26. The molecule has 0 aliphatic carbocycles. The smallest absolute Gasteiger partial charge is 0.405 e. The highest BCUT2D eigenvalue weighted by molar-refractivity contribution is 7.87. The fourth-order valence-electron chi connectivity index (χ4n) is 5.05. The molecule has 0 aromatic heterocycles. The molecule has 0 radical (unpaired) electrons. The molecular formula is C32H44F4O16S4. The number of alkyl halides is 4. The van der Waals surface area contributed by atoms with Gasteiger partial charge in [-0.2, -0.15) is 51.2 Å². The van der Waals surface area contributed by atoms with E-state index < -0.39 is 93.4 Å². The summed E-state index contributed by atoms with van der Waals surface area (Å²) in [6.45, 7) is 7.56. The zero-order valence-electron chi connectivity index (χ0n) is 30.7. The molecule has 2 aromatic rings. The lowest BCUT2D eigenvalue weighted by Crippen LogP contribution is -2.43. The van der Waals surface area contributed by atoms with E-state index in [1.165, 1.54) is 31.2 Å². The minimum atomic E-state index is -5.88. The van der Waals surface area contributed by atoms with Crippen molar-refractivity contribution >= 4 is 52.4 Å². The maximum Gasteiger partial charge on any atom is 0.405 e. The summed E-state index contributed by atoms with van der Waals surface area (Å²) in [7, 11) is -20.2. The number of ether oxygens (including phenoxy) is 2. The number of hydrogen-bond donors (Lipinski definition) is 4. The van der Waals surface area contributed by atoms with Crippen molar-refractivity contribution in [1.82, 2.24) is 0 Å². The lowest BCUT2D eigenvalue weighted by Gasteiger charge is -2.25. The lowest BCUT2D eigenvalue weighted by atomic mass is 9.85. The third-order valence-electron chi connectivity index (χ3n) is 8.61. The van der Waals surface area contributed by atoms with Crippen molar-refractivity contribution in [1.29, 1.82) is 0 Å². The van der Waals surface area contributed by atoms with Crippen molar-refractivity contribution in [2.24, 2.45) is 11.8 Å². The Bertz CT molecular complexity index is 2090. The summed E-state index contributed by atoms with van der Waals surface area (Å²) in [6.07, 6.45) is -4.10. The van der Waals surface area contributed by atoms with Gasteiger partial charge in [0, 0.05) is 0 Å². The molecule has 0 amide bonds. The highest BCUT2D eigenvalue weighted by atomic mass is 32.2. The van der Waals surface area contributed by atoms with Crippen LogP contribution in [0.25, 0.3) is 0 Å². The van der Waals surface area contributed by atoms with Gasteiger partial charge in [0.25, 0.3) is 20.2 Å². The van der Waals surface area contributed by atoms with Crippen LogP contribution >= 0.6 is 0 Å². The lowest BCUT2D eigenvalue weighted by molar-refractivity contribution is -0.168. The Balaban J connectivity index is 0.000000564. The molecule has 0 heterocycles. The van der Waals surface area contributed by atoms with Crippen molar-refractivity contribution in [2.45, 2.75) is 112 Å². The third-order valence-corrected chi connectivity index (χ3v) is 12.4. The average Bonchev–Trinajstić information content (AvgIpc) is 3.07. The largest absolute Gasteiger partial charge is 0.455 e. The summed E-state index contributed by atoms with van der Waals surface area (Å²) in [5.41, 5.74) is 1.92. The summed E-state index contributed by atoms with van der Waals surface area (Å²) in [6, 6.07) is 12.3. The summed E-state index contributed by atoms with van der Waals surface area (Å²) in [5, 5.41) is -9.61. The van der Waals surface area contributed by atoms with Gasteiger partial charge in [0.2, 0.25) is 0 Å². The molecule has 0 saturated heterocycles. The molecule has 0 fully saturated rings. The predicted molar refractivity (Wildman–Crippen MR) is 190 cm³/mol. The highest BCUT2D eigenvalue weighted by Gasteiger charge is 2.53. The Kier molecular flexibility index (Phi) is 17.6. The third kappa shape index (κ3) is 14.0. The Morgan fingerprint density at radius 3 is 1.27 bits per heavy atom. The van der Waals surface area contributed by atoms with Crippen molar-refractivity contribution in [3.05, 3.63) is 59.7 Å². The van der Waals surface area contributed by atoms with Crippen LogP contribution in [-0.4, -0.2) is 86.5 Å². The normalized spacial score (nSPS) is 16.2. The Labute approximate surface area is 323 Å². The van der Waals surface area contributed by atoms with E-state index in [0.717, 1.165) is 30.9 Å². The molecule has 4 N–H and O–H groups in total. The second kappa shape index (κ2) is 19.5. The second-order valence-corrected chi connectivity index (χ2v) is 18.6. The summed E-state index contributed by atoms with van der Waals surface area (Å²) < 4.78 is 185. The molecule has 2 aromatic carbocycles. The van der Waals surface area contributed by atoms with Crippen LogP contribution in [0, 0.1) is 11.8 Å². The van der Waals surface area contributed by atoms with E-state index in [1.54, 1.807) is 24.3 Å². The fraction of sp³-hybridized carbons (Fsp3) is 0.562. The maximum absolute atomic E-state index is 13.5. The number of benzene rings is 2. The standard InChI is InChI=1S/C18H22O6S2.C14H22F4O10S2/c1-3-14(16-6-10-18(11-7-16)26(22,23)24)12-13(2)15-4-8-17(9-5-15)25(19,20)21;1-5-10(12(20)28-9(4)14(17,18)30(24,25)26)6-7(2)11(19)27-8(3)13(15,16)29(21,22)23/h4-11,13-14H,3,12H2,1-2H3,(H,19,20,21)(H,22,23,24);7-10H,5-6H2,1-4H3,(H,21,22,23)(H,24,25,26). The van der Waals surface area contributed by atoms with E-state index in [4.69, 9.17) is 18.2 Å². The van der Waals surface area contributed by atoms with E-state index in [2.05, 4.69) is 9.47 Å². The number of carbonyl (C=O) groups is 2. The van der Waals surface area contributed by atoms with Gasteiger partial charge in [0.1, 0.15) is 0 Å². The summed E-state index contributed by atoms with van der Waals surface area (Å²) in [4.78, 5) is 23.6. The van der Waals surface area contributed by atoms with Crippen LogP contribution in [0.15, 0.2) is 58.3 Å². The van der Waals surface area contributed by atoms with Crippen molar-refractivity contribution in [3.8, 4) is 0 Å². The molecular weight excluding hydrogens is 845 g/mol. The number of rotatable bonds is 18. The molecule has 24 heteroatoms. The molecule has 2 rings (SSSR count). The minimum absolute atomic E-state index is 0.0998. The first-order chi connectivity index (χ1) is 25.2. The van der Waals surface area contributed by atoms with Gasteiger partial charge in [0.15, 0.2) is 12.2 Å². The fourth-order valence-corrected chi connectivity index (χ4v) is 6.95. The van der Waals surface area contributed by atoms with Crippen LogP contribution in [0.2, 0.25) is 0 Å². The predicted octanol–water partition coefficient (Wildman–Crippen LogP) is 5.73. The Morgan fingerprint density at radius 2 is 0.946 bits per heavy atom. The van der Waals surface area contributed by atoms with E-state index in [0.29, 0.717) is 13.8 Å². The first-order valence-electron chi connectivity index (χ1n) is 16.5. The number of hydrogen-bond acceptors (Lipinski definition) is 12. The highest BCUT2D eigenvalue weighted by Crippen LogP contribution is 2.34. The molecule has 0 saturated carbocycles. The Morgan fingerprint density at radius 1 is 0.589 bits per heavy atom. The van der Waals surface area contributed by atoms with E-state index in [-0.39, 0.29) is 28.0 Å². The summed E-state index contributed by atoms with van der Waals surface area (Å²) >= 11 is 0. The molecule has 0 aliphatic heterocycles. The van der Waals surface area contributed by atoms with Crippen molar-refractivity contribution in [3.63, 3.8) is 0 Å². The minimum Gasteiger partial charge on any atom is -0.455 e. The molecule has 16 nitrogen and oxygen atoms in total. The maximum atomic E-state index is 13.5. The van der Waals surface area contributed by atoms with Gasteiger partial charge in [-0.25, -0.2) is 0 Å². The zero-order valence-corrected chi connectivity index (χ0v) is 34.0. The molecule has 6 unspecified atom stereocenters. The quantitative estimate of drug-likeness (QED) is 0.0790. The van der Waals surface area contributed by atoms with Gasteiger partial charge in [-0.05, 0) is 86.8 Å². The number of esters is 2. The first kappa shape index (κ1) is 50.8. The van der Waals surface area contributed by atoms with Gasteiger partial charge in [-0.3, -0.25) is 27.8 Å². The van der Waals surface area contributed by atoms with Gasteiger partial charge in [0.05, 0.1) is 21.6 Å². The van der Waals surface area contributed by atoms with Gasteiger partial charge in [-0.1, -0.05) is 52.0 Å². The van der Waals surface area contributed by atoms with Gasteiger partial charge < -0.3 is 9.47 Å². The van der Waals surface area contributed by atoms with E-state index in [9.17, 15) is 60.8 Å². The molecule has 0 spiro atoms. The average molecular weight is 889 g/mol. The number of halogens is 4. The molecule has 6 atom stereocenters. The molecule has 0 aliphatic rings. The topological polar surface area (TPSA) is 270 Å². The van der Waals surface area contributed by atoms with Crippen LogP contribution in [0.4, 0.5) is 17.6 Å². The molecule has 0 bridgehead atoms. The molecule has 56 heavy (non-hydrogen) atoms. The summed E-state index contributed by atoms with van der Waals surface area (Å²) in [5.74, 6) is -5.01. The first-order valence-corrected chi connectivity index (χ1v) is 22.2. The SMILES string of the molecule is CCC(CC(C)C(=O)OC(C)C(F)(F)S(=O)(=O)O)C(=O)OC(C)C(F)(F)S(=O)(=O)O.CCC(CC(C)c1ccc(S(=O)(=O)O)cc1)c1ccc(S(=O)(=O)O)cc1. The van der Waals surface area contributed by atoms with Crippen LogP contribution < -0.4 is 0 Å². The van der Waals surface area contributed by atoms with E-state index in [1.807, 2.05) is 13.8 Å². The second-order valence-electron chi connectivity index (χ2n) is 12.8. The van der Waals surface area contributed by atoms with Crippen molar-refractivity contribution < 1.29 is 88.5 Å². The van der Waals surface area contributed by atoms with Crippen molar-refractivity contribution in [2.75, 3.05) is 0 Å². The van der Waals surface area contributed by atoms with Gasteiger partial charge in [-0.15, -0.1) is 0 Å². The van der Waals surface area contributed by atoms with E-state index >= 15 is 0 Å². The van der Waals surface area contributed by atoms with Gasteiger partial charge >= 0.3 is 42.7 Å². The zero-order chi connectivity index (χ0) is 43.8. The molecule has 320 valence electrons. The van der Waals surface area contributed by atoms with Crippen LogP contribution in [-0.2, 0) is 59.5 Å². The van der Waals surface area contributed by atoms with Crippen LogP contribution in [0.5, 0.6) is 0 Å². The van der Waals surface area contributed by atoms with Crippen LogP contribution in [0.3, 0.4) is 0 Å².